The zero-order valence-corrected chi connectivity index (χ0v) is 30.7. The summed E-state index contributed by atoms with van der Waals surface area (Å²) < 4.78 is 5.41. The van der Waals surface area contributed by atoms with Crippen LogP contribution in [0.4, 0.5) is 4.79 Å². The van der Waals surface area contributed by atoms with Crippen LogP contribution in [0, 0.1) is 23.2 Å². The van der Waals surface area contributed by atoms with Gasteiger partial charge in [0, 0.05) is 45.8 Å². The number of carbonyl (C=O) groups excluding carboxylic acids is 7. The van der Waals surface area contributed by atoms with Gasteiger partial charge in [0.2, 0.25) is 23.5 Å². The summed E-state index contributed by atoms with van der Waals surface area (Å²) in [4.78, 5) is 95.8. The molecule has 12 heteroatoms. The number of likely N-dealkylation sites (N-methyl/N-ethyl adjacent to an activating group) is 1. The number of benzene rings is 1. The second-order valence-electron chi connectivity index (χ2n) is 15.7. The second-order valence-corrected chi connectivity index (χ2v) is 15.7. The Morgan fingerprint density at radius 3 is 2.18 bits per heavy atom. The first-order valence-electron chi connectivity index (χ1n) is 17.3. The third-order valence-electron chi connectivity index (χ3n) is 9.05. The van der Waals surface area contributed by atoms with E-state index in [0.29, 0.717) is 18.5 Å². The molecule has 12 nitrogen and oxygen atoms in total. The fraction of sp³-hybridized carbons (Fsp3) is 0.605. The van der Waals surface area contributed by atoms with Gasteiger partial charge >= 0.3 is 6.09 Å². The summed E-state index contributed by atoms with van der Waals surface area (Å²) in [5.41, 5.74) is -0.888. The van der Waals surface area contributed by atoms with Crippen LogP contribution < -0.4 is 10.6 Å². The van der Waals surface area contributed by atoms with Crippen LogP contribution in [-0.2, 0) is 33.5 Å². The van der Waals surface area contributed by atoms with E-state index in [-0.39, 0.29) is 49.2 Å². The summed E-state index contributed by atoms with van der Waals surface area (Å²) in [5.74, 6) is -4.00. The molecule has 1 heterocycles. The van der Waals surface area contributed by atoms with E-state index in [9.17, 15) is 33.6 Å². The maximum absolute atomic E-state index is 14.0. The second kappa shape index (κ2) is 16.6. The molecular formula is C38H54N4O8. The molecule has 2 N–H and O–H groups in total. The summed E-state index contributed by atoms with van der Waals surface area (Å²) in [6.07, 6.45) is 1.29. The Kier molecular flexibility index (Phi) is 13.3. The Bertz CT molecular complexity index is 1460. The van der Waals surface area contributed by atoms with E-state index in [4.69, 9.17) is 4.74 Å². The summed E-state index contributed by atoms with van der Waals surface area (Å²) in [6, 6.07) is 6.02. The number of rotatable bonds is 16. The van der Waals surface area contributed by atoms with Crippen molar-refractivity contribution >= 4 is 41.2 Å². The van der Waals surface area contributed by atoms with Crippen LogP contribution in [0.5, 0.6) is 0 Å². The number of alkyl carbamates (subject to hydrolysis) is 1. The van der Waals surface area contributed by atoms with Gasteiger partial charge in [-0.2, -0.15) is 0 Å². The number of amides is 4. The lowest BCUT2D eigenvalue weighted by atomic mass is 9.84. The van der Waals surface area contributed by atoms with Gasteiger partial charge in [-0.3, -0.25) is 28.8 Å². The Morgan fingerprint density at radius 1 is 0.980 bits per heavy atom. The highest BCUT2D eigenvalue weighted by Crippen LogP contribution is 2.50. The lowest BCUT2D eigenvalue weighted by Crippen LogP contribution is -2.58. The number of hydrogen-bond acceptors (Lipinski definition) is 8. The van der Waals surface area contributed by atoms with Crippen LogP contribution in [0.25, 0.3) is 0 Å². The zero-order chi connectivity index (χ0) is 37.6. The number of Topliss-reactive ketones (excluding diaryl/α,β-unsaturated/α-hetero) is 3. The van der Waals surface area contributed by atoms with E-state index in [1.165, 1.54) is 9.80 Å². The molecule has 2 fully saturated rings. The van der Waals surface area contributed by atoms with Gasteiger partial charge in [-0.1, -0.05) is 57.2 Å². The van der Waals surface area contributed by atoms with Crippen molar-refractivity contribution in [3.8, 4) is 0 Å². The van der Waals surface area contributed by atoms with Crippen molar-refractivity contribution in [1.82, 2.24) is 20.4 Å². The van der Waals surface area contributed by atoms with Crippen LogP contribution in [0.1, 0.15) is 91.7 Å². The summed E-state index contributed by atoms with van der Waals surface area (Å²) in [7, 11) is 3.15. The van der Waals surface area contributed by atoms with E-state index < -0.39 is 64.5 Å². The molecule has 3 rings (SSSR count). The first kappa shape index (κ1) is 40.1. The van der Waals surface area contributed by atoms with Gasteiger partial charge in [0.05, 0.1) is 6.04 Å². The highest BCUT2D eigenvalue weighted by Gasteiger charge is 2.58. The molecule has 274 valence electrons. The Labute approximate surface area is 295 Å². The number of fused-ring (bicyclic) bond motifs is 1. The quantitative estimate of drug-likeness (QED) is 0.193. The molecule has 0 radical (unpaired) electrons. The van der Waals surface area contributed by atoms with Gasteiger partial charge in [0.15, 0.2) is 11.6 Å². The molecule has 0 aromatic heterocycles. The molecule has 0 bridgehead atoms. The summed E-state index contributed by atoms with van der Waals surface area (Å²) in [5, 5.41) is 5.39. The predicted molar refractivity (Wildman–Crippen MR) is 188 cm³/mol. The predicted octanol–water partition coefficient (Wildman–Crippen LogP) is 4.18. The highest BCUT2D eigenvalue weighted by molar-refractivity contribution is 6.38. The Hall–Kier alpha value is -4.35. The number of nitrogens with zero attached hydrogens (tertiary/aromatic N) is 2. The Morgan fingerprint density at radius 2 is 1.62 bits per heavy atom. The fourth-order valence-corrected chi connectivity index (χ4v) is 6.36. The van der Waals surface area contributed by atoms with Crippen molar-refractivity contribution in [3.05, 3.63) is 48.6 Å². The summed E-state index contributed by atoms with van der Waals surface area (Å²) >= 11 is 0. The smallest absolute Gasteiger partial charge is 0.408 e. The molecule has 1 aromatic carbocycles. The van der Waals surface area contributed by atoms with Crippen molar-refractivity contribution in [2.75, 3.05) is 20.6 Å². The van der Waals surface area contributed by atoms with Gasteiger partial charge < -0.3 is 25.2 Å². The van der Waals surface area contributed by atoms with E-state index in [1.807, 2.05) is 20.8 Å². The zero-order valence-electron chi connectivity index (χ0n) is 30.7. The molecular weight excluding hydrogens is 640 g/mol. The molecule has 4 amide bonds. The molecule has 6 atom stereocenters. The van der Waals surface area contributed by atoms with Crippen molar-refractivity contribution in [2.45, 2.75) is 104 Å². The molecule has 1 aromatic rings. The van der Waals surface area contributed by atoms with Crippen molar-refractivity contribution < 1.29 is 38.3 Å². The number of ether oxygens (including phenoxy) is 1. The Balaban J connectivity index is 1.70. The average Bonchev–Trinajstić information content (AvgIpc) is 3.69. The molecule has 1 unspecified atom stereocenters. The lowest BCUT2D eigenvalue weighted by Gasteiger charge is -2.37. The van der Waals surface area contributed by atoms with Crippen LogP contribution >= 0.6 is 0 Å². The number of hydrogen-bond donors (Lipinski definition) is 2. The van der Waals surface area contributed by atoms with Gasteiger partial charge in [0.25, 0.3) is 0 Å². The highest BCUT2D eigenvalue weighted by atomic mass is 16.6. The van der Waals surface area contributed by atoms with Gasteiger partial charge in [0.1, 0.15) is 17.7 Å². The van der Waals surface area contributed by atoms with Crippen LogP contribution in [-0.4, -0.2) is 89.3 Å². The fourth-order valence-electron chi connectivity index (χ4n) is 6.36. The molecule has 1 saturated heterocycles. The SMILES string of the molecule is C=CCCC(CC(=O)[C@@H]1[C@H]2C[C@H]2CN1C(=O)[C@@H](NC(=O)OC(C)(C)C)C(C)(C)C)C(=O)C(=O)CCC(=O)N[C@H](C(=O)N(C)C)c1ccccc1. The van der Waals surface area contributed by atoms with Crippen LogP contribution in [0.2, 0.25) is 0 Å². The minimum absolute atomic E-state index is 0.0504. The molecule has 1 saturated carbocycles. The maximum atomic E-state index is 14.0. The molecule has 1 aliphatic carbocycles. The van der Waals surface area contributed by atoms with Gasteiger partial charge in [-0.15, -0.1) is 6.58 Å². The standard InChI is InChI=1S/C38H54N4O8/c1-10-11-15-24(32(46)27(43)18-19-29(45)39-30(34(47)41(8)9)23-16-13-12-14-17-23)21-28(44)31-26-20-25(26)22-42(31)35(48)33(37(2,3)4)40-36(49)50-38(5,6)7/h10,12-14,16-17,24-26,30-31,33H,1,11,15,18-22H2,2-9H3,(H,39,45)(H,40,49)/t24?,25-,26-,30-,31-,33+/m0/s1. The molecule has 2 aliphatic rings. The minimum atomic E-state index is -0.967. The van der Waals surface area contributed by atoms with E-state index in [1.54, 1.807) is 71.3 Å². The van der Waals surface area contributed by atoms with Crippen LogP contribution in [0.3, 0.4) is 0 Å². The monoisotopic (exact) mass is 694 g/mol. The number of carbonyl (C=O) groups is 7. The average molecular weight is 695 g/mol. The van der Waals surface area contributed by atoms with Crippen molar-refractivity contribution in [3.63, 3.8) is 0 Å². The minimum Gasteiger partial charge on any atom is -0.444 e. The van der Waals surface area contributed by atoms with Gasteiger partial charge in [-0.05, 0) is 62.8 Å². The topological polar surface area (TPSA) is 159 Å². The van der Waals surface area contributed by atoms with E-state index >= 15 is 0 Å². The number of likely N-dealkylation sites (tertiary alicyclic amines) is 1. The van der Waals surface area contributed by atoms with Crippen molar-refractivity contribution in [1.29, 1.82) is 0 Å². The maximum Gasteiger partial charge on any atom is 0.408 e. The van der Waals surface area contributed by atoms with Gasteiger partial charge in [-0.25, -0.2) is 4.79 Å². The molecule has 1 aliphatic heterocycles. The molecule has 0 spiro atoms. The molecule has 50 heavy (non-hydrogen) atoms. The lowest BCUT2D eigenvalue weighted by molar-refractivity contribution is -0.144. The van der Waals surface area contributed by atoms with Crippen molar-refractivity contribution in [2.24, 2.45) is 23.2 Å². The van der Waals surface area contributed by atoms with Crippen LogP contribution in [0.15, 0.2) is 43.0 Å². The first-order chi connectivity index (χ1) is 23.2. The number of piperidine rings is 1. The summed E-state index contributed by atoms with van der Waals surface area (Å²) in [6.45, 7) is 14.7. The third-order valence-corrected chi connectivity index (χ3v) is 9.05. The number of nitrogens with one attached hydrogen (secondary N) is 2. The van der Waals surface area contributed by atoms with E-state index in [2.05, 4.69) is 17.2 Å². The first-order valence-corrected chi connectivity index (χ1v) is 17.3. The number of ketones is 3. The van der Waals surface area contributed by atoms with E-state index in [0.717, 1.165) is 6.42 Å². The third kappa shape index (κ3) is 10.8. The normalized spacial score (nSPS) is 20.0. The largest absolute Gasteiger partial charge is 0.444 e. The number of allylic oxidation sites excluding steroid dienone is 1.